The highest BCUT2D eigenvalue weighted by Gasteiger charge is 2.23. The highest BCUT2D eigenvalue weighted by atomic mass is 16.5. The number of nitrogens with zero attached hydrogens (tertiary/aromatic N) is 2. The van der Waals surface area contributed by atoms with E-state index in [1.807, 2.05) is 0 Å². The Balaban J connectivity index is 1.39. The Morgan fingerprint density at radius 1 is 0.583 bits per heavy atom. The molecular formula is C16H20N2O6. The summed E-state index contributed by atoms with van der Waals surface area (Å²) < 4.78 is 10.7. The van der Waals surface area contributed by atoms with Crippen molar-refractivity contribution in [3.63, 3.8) is 0 Å². The summed E-state index contributed by atoms with van der Waals surface area (Å²) >= 11 is 0. The van der Waals surface area contributed by atoms with Crippen molar-refractivity contribution < 1.29 is 28.7 Å². The van der Waals surface area contributed by atoms with Gasteiger partial charge in [0.15, 0.2) is 0 Å². The second-order valence-electron chi connectivity index (χ2n) is 5.25. The van der Waals surface area contributed by atoms with Crippen LogP contribution in [0, 0.1) is 0 Å². The first kappa shape index (κ1) is 18.0. The van der Waals surface area contributed by atoms with Gasteiger partial charge in [-0.3, -0.25) is 29.0 Å². The first-order valence-electron chi connectivity index (χ1n) is 7.82. The molecule has 0 bridgehead atoms. The maximum absolute atomic E-state index is 11.3. The fraction of sp³-hybridized carbons (Fsp3) is 0.500. The van der Waals surface area contributed by atoms with Gasteiger partial charge in [0.1, 0.15) is 0 Å². The Bertz CT molecular complexity index is 483. The van der Waals surface area contributed by atoms with Crippen LogP contribution in [0.5, 0.6) is 0 Å². The number of hydrogen-bond donors (Lipinski definition) is 0. The van der Waals surface area contributed by atoms with E-state index in [4.69, 9.17) is 9.47 Å². The molecule has 0 aromatic rings. The van der Waals surface area contributed by atoms with Gasteiger partial charge in [-0.15, -0.1) is 0 Å². The van der Waals surface area contributed by atoms with Crippen LogP contribution in [-0.2, 0) is 28.7 Å². The number of carbonyl (C=O) groups excluding carboxylic acids is 4. The molecule has 0 unspecified atom stereocenters. The number of hydrogen-bond acceptors (Lipinski definition) is 6. The van der Waals surface area contributed by atoms with E-state index < -0.39 is 0 Å². The zero-order valence-electron chi connectivity index (χ0n) is 13.3. The molecule has 0 atom stereocenters. The van der Waals surface area contributed by atoms with Crippen molar-refractivity contribution in [2.24, 2.45) is 0 Å². The molecule has 0 spiro atoms. The average Bonchev–Trinajstić information content (AvgIpc) is 3.05. The van der Waals surface area contributed by atoms with E-state index in [-0.39, 0.29) is 36.8 Å². The van der Waals surface area contributed by atoms with E-state index in [0.717, 1.165) is 11.3 Å². The smallest absolute Gasteiger partial charge is 0.253 e. The quantitative estimate of drug-likeness (QED) is 0.378. The molecule has 0 saturated heterocycles. The minimum Gasteiger partial charge on any atom is -0.379 e. The summed E-state index contributed by atoms with van der Waals surface area (Å²) in [6.07, 6.45) is 6.45. The van der Waals surface area contributed by atoms with Crippen molar-refractivity contribution in [1.29, 1.82) is 0 Å². The van der Waals surface area contributed by atoms with Crippen LogP contribution in [0.15, 0.2) is 24.3 Å². The van der Waals surface area contributed by atoms with Gasteiger partial charge in [-0.2, -0.15) is 0 Å². The predicted molar refractivity (Wildman–Crippen MR) is 82.6 cm³/mol. The zero-order valence-corrected chi connectivity index (χ0v) is 13.3. The first-order chi connectivity index (χ1) is 11.6. The number of carbonyl (C=O) groups is 4. The largest absolute Gasteiger partial charge is 0.379 e. The van der Waals surface area contributed by atoms with Crippen molar-refractivity contribution >= 4 is 23.6 Å². The van der Waals surface area contributed by atoms with Crippen molar-refractivity contribution in [2.75, 3.05) is 39.5 Å². The second-order valence-corrected chi connectivity index (χ2v) is 5.25. The molecule has 2 aliphatic heterocycles. The van der Waals surface area contributed by atoms with E-state index in [1.165, 1.54) is 29.2 Å². The normalized spacial score (nSPS) is 17.0. The standard InChI is InChI=1S/C16H20N2O6/c19-13-3-4-14(20)17(13)7-1-2-9-23-11-12-24-10-8-18-15(21)5-6-16(18)22/h3-6H,1-2,7-12H2. The van der Waals surface area contributed by atoms with Gasteiger partial charge in [-0.05, 0) is 12.8 Å². The fourth-order valence-corrected chi connectivity index (χ4v) is 2.25. The van der Waals surface area contributed by atoms with Crippen LogP contribution in [0.25, 0.3) is 0 Å². The molecule has 0 aromatic carbocycles. The van der Waals surface area contributed by atoms with Crippen molar-refractivity contribution in [3.05, 3.63) is 24.3 Å². The summed E-state index contributed by atoms with van der Waals surface area (Å²) in [5.74, 6) is -1.16. The van der Waals surface area contributed by atoms with Gasteiger partial charge < -0.3 is 9.47 Å². The number of unbranched alkanes of at least 4 members (excludes halogenated alkanes) is 1. The summed E-state index contributed by atoms with van der Waals surface area (Å²) in [5, 5.41) is 0. The van der Waals surface area contributed by atoms with Gasteiger partial charge >= 0.3 is 0 Å². The Morgan fingerprint density at radius 2 is 1.04 bits per heavy atom. The molecule has 24 heavy (non-hydrogen) atoms. The number of rotatable bonds is 11. The van der Waals surface area contributed by atoms with Gasteiger partial charge in [0.25, 0.3) is 23.6 Å². The van der Waals surface area contributed by atoms with E-state index in [0.29, 0.717) is 32.8 Å². The third kappa shape index (κ3) is 5.10. The molecule has 0 radical (unpaired) electrons. The van der Waals surface area contributed by atoms with Crippen molar-refractivity contribution in [3.8, 4) is 0 Å². The van der Waals surface area contributed by atoms with Crippen molar-refractivity contribution in [1.82, 2.24) is 9.80 Å². The molecule has 2 rings (SSSR count). The molecule has 2 heterocycles. The van der Waals surface area contributed by atoms with E-state index >= 15 is 0 Å². The van der Waals surface area contributed by atoms with Gasteiger partial charge in [0.2, 0.25) is 0 Å². The maximum atomic E-state index is 11.3. The molecule has 8 nitrogen and oxygen atoms in total. The molecule has 0 fully saturated rings. The summed E-state index contributed by atoms with van der Waals surface area (Å²) in [6, 6.07) is 0. The second kappa shape index (κ2) is 9.09. The van der Waals surface area contributed by atoms with E-state index in [2.05, 4.69) is 0 Å². The summed E-state index contributed by atoms with van der Waals surface area (Å²) in [6.45, 7) is 2.20. The van der Waals surface area contributed by atoms with E-state index in [9.17, 15) is 19.2 Å². The molecule has 0 aromatic heterocycles. The van der Waals surface area contributed by atoms with Crippen LogP contribution in [0.2, 0.25) is 0 Å². The lowest BCUT2D eigenvalue weighted by Crippen LogP contribution is -2.33. The lowest BCUT2D eigenvalue weighted by atomic mass is 10.3. The molecule has 0 saturated carbocycles. The number of ether oxygens (including phenoxy) is 2. The third-order valence-electron chi connectivity index (χ3n) is 3.55. The minimum absolute atomic E-state index is 0.233. The van der Waals surface area contributed by atoms with Gasteiger partial charge in [0, 0.05) is 37.5 Å². The Labute approximate surface area is 139 Å². The van der Waals surface area contributed by atoms with Crippen LogP contribution in [-0.4, -0.2) is 72.9 Å². The lowest BCUT2D eigenvalue weighted by Gasteiger charge is -2.14. The van der Waals surface area contributed by atoms with E-state index in [1.54, 1.807) is 0 Å². The maximum Gasteiger partial charge on any atom is 0.253 e. The summed E-state index contributed by atoms with van der Waals surface area (Å²) in [5.41, 5.74) is 0. The number of imide groups is 2. The number of amides is 4. The van der Waals surface area contributed by atoms with Crippen LogP contribution in [0.3, 0.4) is 0 Å². The Morgan fingerprint density at radius 3 is 1.58 bits per heavy atom. The van der Waals surface area contributed by atoms with Crippen molar-refractivity contribution in [2.45, 2.75) is 12.8 Å². The third-order valence-corrected chi connectivity index (χ3v) is 3.55. The fourth-order valence-electron chi connectivity index (χ4n) is 2.25. The molecule has 8 heteroatoms. The van der Waals surface area contributed by atoms with Crippen LogP contribution in [0.4, 0.5) is 0 Å². The molecular weight excluding hydrogens is 316 g/mol. The zero-order chi connectivity index (χ0) is 17.4. The van der Waals surface area contributed by atoms with Gasteiger partial charge in [-0.1, -0.05) is 0 Å². The average molecular weight is 336 g/mol. The molecule has 2 aliphatic rings. The molecule has 130 valence electrons. The first-order valence-corrected chi connectivity index (χ1v) is 7.82. The summed E-state index contributed by atoms with van der Waals surface area (Å²) in [4.78, 5) is 47.5. The Hall–Kier alpha value is -2.32. The summed E-state index contributed by atoms with van der Waals surface area (Å²) in [7, 11) is 0. The predicted octanol–water partition coefficient (Wildman–Crippen LogP) is -0.350. The minimum atomic E-state index is -0.315. The van der Waals surface area contributed by atoms with Gasteiger partial charge in [-0.25, -0.2) is 0 Å². The Kier molecular flexibility index (Phi) is 6.83. The molecule has 0 aliphatic carbocycles. The SMILES string of the molecule is O=C1C=CC(=O)N1CCCCOCCOCCN1C(=O)C=CC1=O. The topological polar surface area (TPSA) is 93.2 Å². The van der Waals surface area contributed by atoms with Crippen LogP contribution in [0.1, 0.15) is 12.8 Å². The highest BCUT2D eigenvalue weighted by Crippen LogP contribution is 2.05. The monoisotopic (exact) mass is 336 g/mol. The highest BCUT2D eigenvalue weighted by molar-refractivity contribution is 6.13. The van der Waals surface area contributed by atoms with Gasteiger partial charge in [0.05, 0.1) is 26.4 Å². The van der Waals surface area contributed by atoms with Crippen LogP contribution >= 0.6 is 0 Å². The van der Waals surface area contributed by atoms with Crippen LogP contribution < -0.4 is 0 Å². The lowest BCUT2D eigenvalue weighted by molar-refractivity contribution is -0.139. The molecule has 0 N–H and O–H groups in total. The molecule has 4 amide bonds.